The second-order valence-electron chi connectivity index (χ2n) is 3.20. The summed E-state index contributed by atoms with van der Waals surface area (Å²) in [5, 5.41) is 17.2. The number of aliphatic carboxylic acids is 1. The molecule has 0 radical (unpaired) electrons. The summed E-state index contributed by atoms with van der Waals surface area (Å²) in [5.74, 6) is -1.72. The van der Waals surface area contributed by atoms with Gasteiger partial charge < -0.3 is 15.9 Å². The van der Waals surface area contributed by atoms with E-state index in [1.807, 2.05) is 0 Å². The molecule has 0 amide bonds. The van der Waals surface area contributed by atoms with Crippen LogP contribution in [0.15, 0.2) is 12.1 Å². The SMILES string of the molecule is Nc1c(Cl)cc(C(F)(F)F)cc1C(O)C(=O)O. The minimum absolute atomic E-state index is 0.394. The first-order valence-electron chi connectivity index (χ1n) is 4.21. The van der Waals surface area contributed by atoms with Crippen molar-refractivity contribution >= 4 is 23.3 Å². The molecule has 1 rings (SSSR count). The summed E-state index contributed by atoms with van der Waals surface area (Å²) in [7, 11) is 0. The van der Waals surface area contributed by atoms with Gasteiger partial charge in [0, 0.05) is 5.56 Å². The molecule has 0 aliphatic rings. The summed E-state index contributed by atoms with van der Waals surface area (Å²) >= 11 is 5.44. The molecule has 0 aromatic heterocycles. The Balaban J connectivity index is 3.40. The Bertz CT molecular complexity index is 462. The van der Waals surface area contributed by atoms with Crippen molar-refractivity contribution in [2.45, 2.75) is 12.3 Å². The van der Waals surface area contributed by atoms with Crippen LogP contribution in [0.4, 0.5) is 18.9 Å². The lowest BCUT2D eigenvalue weighted by atomic mass is 10.0. The van der Waals surface area contributed by atoms with Crippen LogP contribution in [0.1, 0.15) is 17.2 Å². The van der Waals surface area contributed by atoms with Crippen molar-refractivity contribution in [2.75, 3.05) is 5.73 Å². The summed E-state index contributed by atoms with van der Waals surface area (Å²) < 4.78 is 37.2. The van der Waals surface area contributed by atoms with E-state index in [2.05, 4.69) is 0 Å². The fraction of sp³-hybridized carbons (Fsp3) is 0.222. The third-order valence-electron chi connectivity index (χ3n) is 2.02. The van der Waals surface area contributed by atoms with Crippen LogP contribution in [0.2, 0.25) is 5.02 Å². The highest BCUT2D eigenvalue weighted by molar-refractivity contribution is 6.33. The zero-order chi connectivity index (χ0) is 13.4. The number of aliphatic hydroxyl groups excluding tert-OH is 1. The topological polar surface area (TPSA) is 83.5 Å². The third-order valence-corrected chi connectivity index (χ3v) is 2.33. The largest absolute Gasteiger partial charge is 0.479 e. The standard InChI is InChI=1S/C9H7ClF3NO3/c10-5-2-3(9(11,12)13)1-4(6(5)14)7(15)8(16)17/h1-2,7,15H,14H2,(H,16,17). The molecule has 1 aromatic rings. The first-order valence-corrected chi connectivity index (χ1v) is 4.59. The Kier molecular flexibility index (Phi) is 3.53. The molecular formula is C9H7ClF3NO3. The van der Waals surface area contributed by atoms with Crippen LogP contribution in [0.3, 0.4) is 0 Å². The molecule has 8 heteroatoms. The van der Waals surface area contributed by atoms with E-state index in [4.69, 9.17) is 22.4 Å². The molecule has 17 heavy (non-hydrogen) atoms. The van der Waals surface area contributed by atoms with Crippen molar-refractivity contribution in [1.82, 2.24) is 0 Å². The highest BCUT2D eigenvalue weighted by atomic mass is 35.5. The molecule has 0 heterocycles. The molecule has 1 atom stereocenters. The van der Waals surface area contributed by atoms with Gasteiger partial charge in [0.25, 0.3) is 0 Å². The highest BCUT2D eigenvalue weighted by Gasteiger charge is 2.33. The van der Waals surface area contributed by atoms with Crippen LogP contribution in [0, 0.1) is 0 Å². The number of carboxylic acid groups (broad SMARTS) is 1. The second-order valence-corrected chi connectivity index (χ2v) is 3.61. The zero-order valence-corrected chi connectivity index (χ0v) is 8.88. The van der Waals surface area contributed by atoms with Gasteiger partial charge in [-0.3, -0.25) is 0 Å². The Labute approximate surface area is 98.4 Å². The van der Waals surface area contributed by atoms with Crippen LogP contribution in [0.5, 0.6) is 0 Å². The summed E-state index contributed by atoms with van der Waals surface area (Å²) in [4.78, 5) is 10.5. The van der Waals surface area contributed by atoms with Gasteiger partial charge >= 0.3 is 12.1 Å². The van der Waals surface area contributed by atoms with Crippen LogP contribution in [-0.4, -0.2) is 16.2 Å². The lowest BCUT2D eigenvalue weighted by Crippen LogP contribution is -2.15. The maximum atomic E-state index is 12.4. The van der Waals surface area contributed by atoms with Crippen molar-refractivity contribution < 1.29 is 28.2 Å². The first kappa shape index (κ1) is 13.6. The molecule has 0 bridgehead atoms. The Morgan fingerprint density at radius 1 is 1.41 bits per heavy atom. The molecule has 0 fully saturated rings. The van der Waals surface area contributed by atoms with E-state index in [1.165, 1.54) is 0 Å². The fourth-order valence-corrected chi connectivity index (χ4v) is 1.39. The number of hydrogen-bond donors (Lipinski definition) is 3. The van der Waals surface area contributed by atoms with Crippen molar-refractivity contribution in [2.24, 2.45) is 0 Å². The number of halogens is 4. The van der Waals surface area contributed by atoms with Gasteiger partial charge in [-0.25, -0.2) is 4.79 Å². The van der Waals surface area contributed by atoms with E-state index >= 15 is 0 Å². The minimum Gasteiger partial charge on any atom is -0.479 e. The van der Waals surface area contributed by atoms with E-state index in [1.54, 1.807) is 0 Å². The number of benzene rings is 1. The highest BCUT2D eigenvalue weighted by Crippen LogP contribution is 2.37. The van der Waals surface area contributed by atoms with Crippen molar-refractivity contribution in [3.8, 4) is 0 Å². The maximum absolute atomic E-state index is 12.4. The predicted molar refractivity (Wildman–Crippen MR) is 53.5 cm³/mol. The van der Waals surface area contributed by atoms with Gasteiger partial charge in [-0.2, -0.15) is 13.2 Å². The lowest BCUT2D eigenvalue weighted by molar-refractivity contribution is -0.147. The number of nitrogens with two attached hydrogens (primary N) is 1. The molecule has 0 aliphatic carbocycles. The summed E-state index contributed by atoms with van der Waals surface area (Å²) in [6, 6.07) is 1.02. The van der Waals surface area contributed by atoms with Crippen LogP contribution < -0.4 is 5.73 Å². The van der Waals surface area contributed by atoms with Crippen LogP contribution in [-0.2, 0) is 11.0 Å². The number of anilines is 1. The number of alkyl halides is 3. The lowest BCUT2D eigenvalue weighted by Gasteiger charge is -2.14. The van der Waals surface area contributed by atoms with E-state index in [9.17, 15) is 23.1 Å². The molecule has 4 nitrogen and oxygen atoms in total. The number of carboxylic acids is 1. The average Bonchev–Trinajstić information content (AvgIpc) is 2.19. The molecule has 1 aromatic carbocycles. The monoisotopic (exact) mass is 269 g/mol. The summed E-state index contributed by atoms with van der Waals surface area (Å²) in [6.45, 7) is 0. The van der Waals surface area contributed by atoms with Gasteiger partial charge in [0.1, 0.15) is 0 Å². The molecule has 1 unspecified atom stereocenters. The van der Waals surface area contributed by atoms with Crippen LogP contribution >= 0.6 is 11.6 Å². The third kappa shape index (κ3) is 2.80. The number of nitrogen functional groups attached to an aromatic ring is 1. The molecule has 0 spiro atoms. The Morgan fingerprint density at radius 3 is 2.35 bits per heavy atom. The predicted octanol–water partition coefficient (Wildman–Crippen LogP) is 2.06. The fourth-order valence-electron chi connectivity index (χ4n) is 1.16. The van der Waals surface area contributed by atoms with E-state index in [-0.39, 0.29) is 0 Å². The number of aliphatic hydroxyl groups is 1. The van der Waals surface area contributed by atoms with Crippen molar-refractivity contribution in [3.63, 3.8) is 0 Å². The maximum Gasteiger partial charge on any atom is 0.416 e. The van der Waals surface area contributed by atoms with Gasteiger partial charge in [0.05, 0.1) is 16.3 Å². The Hall–Kier alpha value is -1.47. The molecule has 4 N–H and O–H groups in total. The van der Waals surface area contributed by atoms with Gasteiger partial charge in [-0.15, -0.1) is 0 Å². The number of hydrogen-bond acceptors (Lipinski definition) is 3. The van der Waals surface area contributed by atoms with E-state index in [0.29, 0.717) is 12.1 Å². The van der Waals surface area contributed by atoms with Gasteiger partial charge in [-0.05, 0) is 12.1 Å². The smallest absolute Gasteiger partial charge is 0.416 e. The van der Waals surface area contributed by atoms with Crippen molar-refractivity contribution in [3.05, 3.63) is 28.3 Å². The zero-order valence-electron chi connectivity index (χ0n) is 8.12. The Morgan fingerprint density at radius 2 is 1.94 bits per heavy atom. The number of rotatable bonds is 2. The normalized spacial score (nSPS) is 13.5. The average molecular weight is 270 g/mol. The molecule has 0 aliphatic heterocycles. The van der Waals surface area contributed by atoms with Crippen LogP contribution in [0.25, 0.3) is 0 Å². The number of carbonyl (C=O) groups is 1. The van der Waals surface area contributed by atoms with E-state index in [0.717, 1.165) is 0 Å². The van der Waals surface area contributed by atoms with E-state index < -0.39 is 40.1 Å². The molecule has 0 saturated carbocycles. The van der Waals surface area contributed by atoms with Gasteiger partial charge in [0.2, 0.25) is 0 Å². The summed E-state index contributed by atoms with van der Waals surface area (Å²) in [6.07, 6.45) is -6.86. The van der Waals surface area contributed by atoms with Crippen molar-refractivity contribution in [1.29, 1.82) is 0 Å². The first-order chi connectivity index (χ1) is 7.64. The van der Waals surface area contributed by atoms with Gasteiger partial charge in [0.15, 0.2) is 6.10 Å². The molecule has 0 saturated heterocycles. The molecular weight excluding hydrogens is 263 g/mol. The second kappa shape index (κ2) is 4.42. The minimum atomic E-state index is -4.70. The molecule has 94 valence electrons. The quantitative estimate of drug-likeness (QED) is 0.718. The summed E-state index contributed by atoms with van der Waals surface area (Å²) in [5.41, 5.74) is 3.16. The van der Waals surface area contributed by atoms with Gasteiger partial charge in [-0.1, -0.05) is 11.6 Å².